The van der Waals surface area contributed by atoms with Crippen LogP contribution in [0.3, 0.4) is 0 Å². The van der Waals surface area contributed by atoms with Crippen molar-refractivity contribution in [3.05, 3.63) is 22.6 Å². The molecular formula is C13H14BrNO5. The number of nitrogens with one attached hydrogen (secondary N) is 1. The van der Waals surface area contributed by atoms with Crippen LogP contribution in [-0.2, 0) is 14.3 Å². The van der Waals surface area contributed by atoms with E-state index in [1.165, 1.54) is 6.07 Å². The maximum absolute atomic E-state index is 11.6. The van der Waals surface area contributed by atoms with Crippen molar-refractivity contribution < 1.29 is 23.5 Å². The van der Waals surface area contributed by atoms with Crippen molar-refractivity contribution in [2.24, 2.45) is 0 Å². The second-order valence-electron chi connectivity index (χ2n) is 4.48. The zero-order valence-electron chi connectivity index (χ0n) is 10.7. The minimum absolute atomic E-state index is 0.0501. The van der Waals surface area contributed by atoms with Gasteiger partial charge >= 0.3 is 5.97 Å². The quantitative estimate of drug-likeness (QED) is 0.843. The first-order valence-corrected chi connectivity index (χ1v) is 7.11. The molecule has 0 bridgehead atoms. The van der Waals surface area contributed by atoms with Gasteiger partial charge in [0.05, 0.1) is 0 Å². The first-order valence-electron chi connectivity index (χ1n) is 6.32. The molecule has 0 aliphatic heterocycles. The van der Waals surface area contributed by atoms with Gasteiger partial charge < -0.3 is 14.5 Å². The standard InChI is InChI=1S/C13H14BrNO5/c14-11-6-5-10(19-11)13(18)15-7-12(17)20-9-4-2-1-3-8(9)16/h5-6,9H,1-4,7H2,(H,15,18)/t9-/m0/s1. The zero-order valence-corrected chi connectivity index (χ0v) is 12.3. The largest absolute Gasteiger partial charge is 0.453 e. The molecule has 6 nitrogen and oxygen atoms in total. The molecule has 1 atom stereocenters. The van der Waals surface area contributed by atoms with Gasteiger partial charge in [-0.15, -0.1) is 0 Å². The smallest absolute Gasteiger partial charge is 0.326 e. The molecule has 1 aliphatic carbocycles. The Hall–Kier alpha value is -1.63. The molecule has 7 heteroatoms. The molecule has 1 N–H and O–H groups in total. The number of esters is 1. The van der Waals surface area contributed by atoms with Crippen LogP contribution in [0.2, 0.25) is 0 Å². The highest BCUT2D eigenvalue weighted by Crippen LogP contribution is 2.17. The van der Waals surface area contributed by atoms with Crippen LogP contribution >= 0.6 is 15.9 Å². The maximum atomic E-state index is 11.6. The van der Waals surface area contributed by atoms with Crippen LogP contribution < -0.4 is 5.32 Å². The number of hydrogen-bond donors (Lipinski definition) is 1. The Morgan fingerprint density at radius 3 is 2.85 bits per heavy atom. The lowest BCUT2D eigenvalue weighted by atomic mass is 9.96. The molecule has 0 aromatic carbocycles. The average molecular weight is 344 g/mol. The summed E-state index contributed by atoms with van der Waals surface area (Å²) in [5.41, 5.74) is 0. The molecule has 0 unspecified atom stereocenters. The summed E-state index contributed by atoms with van der Waals surface area (Å²) in [7, 11) is 0. The van der Waals surface area contributed by atoms with Gasteiger partial charge in [-0.1, -0.05) is 0 Å². The third-order valence-corrected chi connectivity index (χ3v) is 3.39. The summed E-state index contributed by atoms with van der Waals surface area (Å²) in [5, 5.41) is 2.38. The third kappa shape index (κ3) is 3.93. The van der Waals surface area contributed by atoms with Crippen molar-refractivity contribution in [1.82, 2.24) is 5.32 Å². The van der Waals surface area contributed by atoms with E-state index in [2.05, 4.69) is 21.2 Å². The molecular weight excluding hydrogens is 330 g/mol. The third-order valence-electron chi connectivity index (χ3n) is 2.96. The number of Topliss-reactive ketones (excluding diaryl/α,β-unsaturated/α-hetero) is 1. The topological polar surface area (TPSA) is 85.6 Å². The molecule has 1 saturated carbocycles. The van der Waals surface area contributed by atoms with Crippen LogP contribution in [0.5, 0.6) is 0 Å². The van der Waals surface area contributed by atoms with Gasteiger partial charge in [0.25, 0.3) is 5.91 Å². The monoisotopic (exact) mass is 343 g/mol. The van der Waals surface area contributed by atoms with E-state index in [1.807, 2.05) is 0 Å². The number of rotatable bonds is 4. The van der Waals surface area contributed by atoms with Crippen molar-refractivity contribution in [3.8, 4) is 0 Å². The number of halogens is 1. The molecule has 1 amide bonds. The Bertz CT molecular complexity index is 525. The van der Waals surface area contributed by atoms with Crippen molar-refractivity contribution in [2.75, 3.05) is 6.54 Å². The van der Waals surface area contributed by atoms with Crippen molar-refractivity contribution in [3.63, 3.8) is 0 Å². The van der Waals surface area contributed by atoms with E-state index in [0.717, 1.165) is 12.8 Å². The van der Waals surface area contributed by atoms with Gasteiger partial charge in [0.15, 0.2) is 22.3 Å². The van der Waals surface area contributed by atoms with Gasteiger partial charge in [-0.05, 0) is 47.3 Å². The molecule has 0 radical (unpaired) electrons. The molecule has 2 rings (SSSR count). The zero-order chi connectivity index (χ0) is 14.5. The van der Waals surface area contributed by atoms with Crippen molar-refractivity contribution in [1.29, 1.82) is 0 Å². The van der Waals surface area contributed by atoms with Crippen LogP contribution in [0.4, 0.5) is 0 Å². The summed E-state index contributed by atoms with van der Waals surface area (Å²) in [5.74, 6) is -1.09. The van der Waals surface area contributed by atoms with Crippen molar-refractivity contribution in [2.45, 2.75) is 31.8 Å². The Labute approximate surface area is 124 Å². The van der Waals surface area contributed by atoms with Crippen LogP contribution in [0.25, 0.3) is 0 Å². The average Bonchev–Trinajstić information content (AvgIpc) is 2.85. The summed E-state index contributed by atoms with van der Waals surface area (Å²) >= 11 is 3.08. The van der Waals surface area contributed by atoms with E-state index in [-0.39, 0.29) is 18.1 Å². The molecule has 0 saturated heterocycles. The number of ether oxygens (including phenoxy) is 1. The molecule has 1 aromatic rings. The number of carbonyl (C=O) groups is 3. The summed E-state index contributed by atoms with van der Waals surface area (Å²) < 4.78 is 10.5. The molecule has 1 heterocycles. The Kier molecular flexibility index (Phi) is 4.94. The lowest BCUT2D eigenvalue weighted by molar-refractivity contribution is -0.155. The number of hydrogen-bond acceptors (Lipinski definition) is 5. The Morgan fingerprint density at radius 1 is 1.40 bits per heavy atom. The van der Waals surface area contributed by atoms with Gasteiger partial charge in [0.2, 0.25) is 0 Å². The number of amides is 1. The van der Waals surface area contributed by atoms with E-state index in [1.54, 1.807) is 6.07 Å². The Morgan fingerprint density at radius 2 is 2.20 bits per heavy atom. The minimum atomic E-state index is -0.661. The second-order valence-corrected chi connectivity index (χ2v) is 5.26. The van der Waals surface area contributed by atoms with Crippen LogP contribution in [0.15, 0.2) is 21.2 Å². The summed E-state index contributed by atoms with van der Waals surface area (Å²) in [4.78, 5) is 34.7. The second kappa shape index (κ2) is 6.69. The Balaban J connectivity index is 1.77. The highest BCUT2D eigenvalue weighted by Gasteiger charge is 2.25. The van der Waals surface area contributed by atoms with E-state index in [0.29, 0.717) is 17.5 Å². The van der Waals surface area contributed by atoms with Gasteiger partial charge in [0, 0.05) is 6.42 Å². The lowest BCUT2D eigenvalue weighted by Crippen LogP contribution is -2.36. The molecule has 1 fully saturated rings. The first-order chi connectivity index (χ1) is 9.56. The van der Waals surface area contributed by atoms with Gasteiger partial charge in [0.1, 0.15) is 6.54 Å². The minimum Gasteiger partial charge on any atom is -0.453 e. The van der Waals surface area contributed by atoms with E-state index >= 15 is 0 Å². The normalized spacial score (nSPS) is 18.6. The lowest BCUT2D eigenvalue weighted by Gasteiger charge is -2.20. The molecule has 20 heavy (non-hydrogen) atoms. The fraction of sp³-hybridized carbons (Fsp3) is 0.462. The van der Waals surface area contributed by atoms with Gasteiger partial charge in [-0.3, -0.25) is 14.4 Å². The maximum Gasteiger partial charge on any atom is 0.326 e. The summed E-state index contributed by atoms with van der Waals surface area (Å²) in [6, 6.07) is 3.06. The molecule has 1 aliphatic rings. The van der Waals surface area contributed by atoms with Crippen LogP contribution in [0.1, 0.15) is 36.2 Å². The summed E-state index contributed by atoms with van der Waals surface area (Å²) in [6.45, 7) is -0.291. The molecule has 0 spiro atoms. The predicted octanol–water partition coefficient (Wildman–Crippen LogP) is 1.83. The van der Waals surface area contributed by atoms with Crippen molar-refractivity contribution >= 4 is 33.6 Å². The van der Waals surface area contributed by atoms with E-state index in [9.17, 15) is 14.4 Å². The predicted molar refractivity (Wildman–Crippen MR) is 72.1 cm³/mol. The van der Waals surface area contributed by atoms with Crippen LogP contribution in [-0.4, -0.2) is 30.3 Å². The first kappa shape index (κ1) is 14.8. The van der Waals surface area contributed by atoms with E-state index < -0.39 is 18.0 Å². The fourth-order valence-electron chi connectivity index (χ4n) is 1.95. The summed E-state index contributed by atoms with van der Waals surface area (Å²) in [6.07, 6.45) is 2.06. The molecule has 1 aromatic heterocycles. The number of furan rings is 1. The fourth-order valence-corrected chi connectivity index (χ4v) is 2.26. The highest BCUT2D eigenvalue weighted by molar-refractivity contribution is 9.10. The van der Waals surface area contributed by atoms with E-state index in [4.69, 9.17) is 9.15 Å². The van der Waals surface area contributed by atoms with Gasteiger partial charge in [-0.25, -0.2) is 0 Å². The van der Waals surface area contributed by atoms with Gasteiger partial charge in [-0.2, -0.15) is 0 Å². The SMILES string of the molecule is O=C(CNC(=O)c1ccc(Br)o1)O[C@H]1CCCCC1=O. The number of ketones is 1. The van der Waals surface area contributed by atoms with Crippen LogP contribution in [0, 0.1) is 0 Å². The molecule has 108 valence electrons. The number of carbonyl (C=O) groups excluding carboxylic acids is 3. The highest BCUT2D eigenvalue weighted by atomic mass is 79.9.